The van der Waals surface area contributed by atoms with Crippen LogP contribution in [-0.2, 0) is 4.79 Å². The van der Waals surface area contributed by atoms with Gasteiger partial charge >= 0.3 is 0 Å². The van der Waals surface area contributed by atoms with E-state index in [2.05, 4.69) is 10.6 Å². The average Bonchev–Trinajstić information content (AvgIpc) is 2.51. The fraction of sp³-hybridized carbons (Fsp3) is 0.875. The molecule has 2 unspecified atom stereocenters. The summed E-state index contributed by atoms with van der Waals surface area (Å²) in [5, 5.41) is 14.7. The topological polar surface area (TPSA) is 61.4 Å². The van der Waals surface area contributed by atoms with E-state index in [9.17, 15) is 4.79 Å². The Kier molecular flexibility index (Phi) is 3.49. The predicted octanol–water partition coefficient (Wildman–Crippen LogP) is -0.907. The van der Waals surface area contributed by atoms with Crippen molar-refractivity contribution in [2.45, 2.75) is 19.4 Å². The van der Waals surface area contributed by atoms with Crippen molar-refractivity contribution in [3.8, 4) is 0 Å². The minimum Gasteiger partial charge on any atom is -0.392 e. The fourth-order valence-corrected chi connectivity index (χ4v) is 1.27. The Morgan fingerprint density at radius 3 is 3.08 bits per heavy atom. The lowest BCUT2D eigenvalue weighted by Gasteiger charge is -2.10. The molecule has 70 valence electrons. The van der Waals surface area contributed by atoms with Gasteiger partial charge in [0.2, 0.25) is 5.91 Å². The lowest BCUT2D eigenvalue weighted by molar-refractivity contribution is -0.124. The number of rotatable bonds is 3. The van der Waals surface area contributed by atoms with Gasteiger partial charge in [0, 0.05) is 13.1 Å². The van der Waals surface area contributed by atoms with Gasteiger partial charge in [-0.2, -0.15) is 0 Å². The van der Waals surface area contributed by atoms with Gasteiger partial charge in [0.15, 0.2) is 0 Å². The molecule has 0 radical (unpaired) electrons. The third kappa shape index (κ3) is 2.79. The van der Waals surface area contributed by atoms with Gasteiger partial charge in [0.1, 0.15) is 0 Å². The SMILES string of the molecule is CC(O)CNC(=O)C1CCNC1. The zero-order valence-corrected chi connectivity index (χ0v) is 7.34. The van der Waals surface area contributed by atoms with Crippen LogP contribution in [0.25, 0.3) is 0 Å². The summed E-state index contributed by atoms with van der Waals surface area (Å²) >= 11 is 0. The number of nitrogens with one attached hydrogen (secondary N) is 2. The summed E-state index contributed by atoms with van der Waals surface area (Å²) in [7, 11) is 0. The Bertz CT molecular complexity index is 153. The fourth-order valence-electron chi connectivity index (χ4n) is 1.27. The first kappa shape index (κ1) is 9.48. The third-order valence-corrected chi connectivity index (χ3v) is 2.00. The van der Waals surface area contributed by atoms with E-state index < -0.39 is 6.10 Å². The summed E-state index contributed by atoms with van der Waals surface area (Å²) in [4.78, 5) is 11.3. The molecule has 0 bridgehead atoms. The number of hydrogen-bond acceptors (Lipinski definition) is 3. The summed E-state index contributed by atoms with van der Waals surface area (Å²) in [5.74, 6) is 0.157. The standard InChI is InChI=1S/C8H16N2O2/c1-6(11)4-10-8(12)7-2-3-9-5-7/h6-7,9,11H,2-5H2,1H3,(H,10,12). The molecule has 1 fully saturated rings. The van der Waals surface area contributed by atoms with Crippen LogP contribution in [0.2, 0.25) is 0 Å². The van der Waals surface area contributed by atoms with E-state index in [-0.39, 0.29) is 11.8 Å². The molecule has 0 aromatic rings. The number of amides is 1. The number of aliphatic hydroxyl groups is 1. The molecule has 0 aromatic carbocycles. The van der Waals surface area contributed by atoms with Gasteiger partial charge in [0.05, 0.1) is 12.0 Å². The molecule has 1 rings (SSSR count). The summed E-state index contributed by atoms with van der Waals surface area (Å²) in [5.41, 5.74) is 0. The molecule has 0 aromatic heterocycles. The molecule has 12 heavy (non-hydrogen) atoms. The molecule has 1 saturated heterocycles. The van der Waals surface area contributed by atoms with Crippen molar-refractivity contribution in [3.05, 3.63) is 0 Å². The quantitative estimate of drug-likeness (QED) is 0.516. The largest absolute Gasteiger partial charge is 0.392 e. The molecule has 0 saturated carbocycles. The van der Waals surface area contributed by atoms with Gasteiger partial charge < -0.3 is 15.7 Å². The molecule has 3 N–H and O–H groups in total. The van der Waals surface area contributed by atoms with E-state index in [1.165, 1.54) is 0 Å². The zero-order valence-electron chi connectivity index (χ0n) is 7.34. The van der Waals surface area contributed by atoms with Crippen LogP contribution in [0.15, 0.2) is 0 Å². The van der Waals surface area contributed by atoms with E-state index in [1.807, 2.05) is 0 Å². The van der Waals surface area contributed by atoms with Crippen molar-refractivity contribution in [1.82, 2.24) is 10.6 Å². The smallest absolute Gasteiger partial charge is 0.224 e. The molecule has 4 heteroatoms. The van der Waals surface area contributed by atoms with Gasteiger partial charge in [-0.15, -0.1) is 0 Å². The highest BCUT2D eigenvalue weighted by molar-refractivity contribution is 5.79. The van der Waals surface area contributed by atoms with Crippen molar-refractivity contribution in [2.24, 2.45) is 5.92 Å². The van der Waals surface area contributed by atoms with E-state index in [0.717, 1.165) is 19.5 Å². The lowest BCUT2D eigenvalue weighted by Crippen LogP contribution is -2.36. The lowest BCUT2D eigenvalue weighted by atomic mass is 10.1. The highest BCUT2D eigenvalue weighted by Gasteiger charge is 2.21. The van der Waals surface area contributed by atoms with Crippen molar-refractivity contribution in [2.75, 3.05) is 19.6 Å². The van der Waals surface area contributed by atoms with Crippen molar-refractivity contribution < 1.29 is 9.90 Å². The van der Waals surface area contributed by atoms with Crippen molar-refractivity contribution in [3.63, 3.8) is 0 Å². The van der Waals surface area contributed by atoms with Crippen molar-refractivity contribution in [1.29, 1.82) is 0 Å². The Morgan fingerprint density at radius 2 is 2.58 bits per heavy atom. The molecule has 1 amide bonds. The Morgan fingerprint density at radius 1 is 1.83 bits per heavy atom. The molecule has 1 aliphatic rings. The maximum atomic E-state index is 11.3. The number of hydrogen-bond donors (Lipinski definition) is 3. The number of carbonyl (C=O) groups is 1. The number of carbonyl (C=O) groups excluding carboxylic acids is 1. The van der Waals surface area contributed by atoms with Crippen LogP contribution in [0.4, 0.5) is 0 Å². The first-order valence-electron chi connectivity index (χ1n) is 4.36. The van der Waals surface area contributed by atoms with Gasteiger partial charge in [-0.25, -0.2) is 0 Å². The van der Waals surface area contributed by atoms with Gasteiger partial charge in [0.25, 0.3) is 0 Å². The minimum absolute atomic E-state index is 0.0564. The van der Waals surface area contributed by atoms with Crippen molar-refractivity contribution >= 4 is 5.91 Å². The van der Waals surface area contributed by atoms with Crippen LogP contribution in [0.5, 0.6) is 0 Å². The summed E-state index contributed by atoms with van der Waals surface area (Å²) < 4.78 is 0. The Labute approximate surface area is 72.3 Å². The van der Waals surface area contributed by atoms with E-state index >= 15 is 0 Å². The summed E-state index contributed by atoms with van der Waals surface area (Å²) in [6.45, 7) is 3.71. The van der Waals surface area contributed by atoms with Gasteiger partial charge in [-0.1, -0.05) is 0 Å². The van der Waals surface area contributed by atoms with Crippen LogP contribution in [-0.4, -0.2) is 36.8 Å². The van der Waals surface area contributed by atoms with Gasteiger partial charge in [-0.3, -0.25) is 4.79 Å². The molecule has 2 atom stereocenters. The first-order valence-corrected chi connectivity index (χ1v) is 4.36. The van der Waals surface area contributed by atoms with E-state index in [1.54, 1.807) is 6.92 Å². The molecular formula is C8H16N2O2. The Hall–Kier alpha value is -0.610. The Balaban J connectivity index is 2.18. The maximum Gasteiger partial charge on any atom is 0.224 e. The third-order valence-electron chi connectivity index (χ3n) is 2.00. The summed E-state index contributed by atoms with van der Waals surface area (Å²) in [6, 6.07) is 0. The zero-order chi connectivity index (χ0) is 8.97. The minimum atomic E-state index is -0.455. The van der Waals surface area contributed by atoms with Crippen LogP contribution < -0.4 is 10.6 Å². The number of aliphatic hydroxyl groups excluding tert-OH is 1. The van der Waals surface area contributed by atoms with Crippen LogP contribution in [0.1, 0.15) is 13.3 Å². The van der Waals surface area contributed by atoms with E-state index in [4.69, 9.17) is 5.11 Å². The molecular weight excluding hydrogens is 156 g/mol. The highest BCUT2D eigenvalue weighted by Crippen LogP contribution is 2.06. The molecule has 1 heterocycles. The second kappa shape index (κ2) is 4.42. The van der Waals surface area contributed by atoms with Crippen LogP contribution in [0, 0.1) is 5.92 Å². The average molecular weight is 172 g/mol. The molecule has 4 nitrogen and oxygen atoms in total. The van der Waals surface area contributed by atoms with Crippen LogP contribution in [0.3, 0.4) is 0 Å². The highest BCUT2D eigenvalue weighted by atomic mass is 16.3. The van der Waals surface area contributed by atoms with Gasteiger partial charge in [-0.05, 0) is 19.9 Å². The monoisotopic (exact) mass is 172 g/mol. The second-order valence-electron chi connectivity index (χ2n) is 3.28. The second-order valence-corrected chi connectivity index (χ2v) is 3.28. The van der Waals surface area contributed by atoms with E-state index in [0.29, 0.717) is 6.54 Å². The molecule has 1 aliphatic heterocycles. The maximum absolute atomic E-state index is 11.3. The first-order chi connectivity index (χ1) is 5.70. The molecule has 0 spiro atoms. The summed E-state index contributed by atoms with van der Waals surface area (Å²) in [6.07, 6.45) is 0.453. The molecule has 0 aliphatic carbocycles. The normalized spacial score (nSPS) is 25.3. The predicted molar refractivity (Wildman–Crippen MR) is 45.7 cm³/mol. The van der Waals surface area contributed by atoms with Crippen LogP contribution >= 0.6 is 0 Å².